The van der Waals surface area contributed by atoms with E-state index in [-0.39, 0.29) is 18.5 Å². The number of benzene rings is 2. The molecule has 0 bridgehead atoms. The van der Waals surface area contributed by atoms with E-state index < -0.39 is 0 Å². The van der Waals surface area contributed by atoms with Crippen molar-refractivity contribution in [2.24, 2.45) is 0 Å². The molecule has 0 radical (unpaired) electrons. The van der Waals surface area contributed by atoms with Crippen LogP contribution < -0.4 is 14.8 Å². The molecule has 8 nitrogen and oxygen atoms in total. The molecule has 0 aliphatic rings. The number of likely N-dealkylation sites (N-methyl/N-ethyl adjacent to an activating group) is 2. The van der Waals surface area contributed by atoms with Gasteiger partial charge in [0.2, 0.25) is 0 Å². The average molecular weight is 418 g/mol. The molecule has 2 rings (SSSR count). The van der Waals surface area contributed by atoms with E-state index in [1.165, 1.54) is 0 Å². The number of methoxy groups -OCH3 is 2. The van der Waals surface area contributed by atoms with Crippen molar-refractivity contribution in [1.29, 1.82) is 0 Å². The molecule has 0 saturated heterocycles. The molecule has 2 aromatic rings. The summed E-state index contributed by atoms with van der Waals surface area (Å²) in [6, 6.07) is 15.4. The molecule has 2 N–H and O–H groups in total. The second-order valence-corrected chi connectivity index (χ2v) is 6.70. The molecule has 0 heterocycles. The number of amides is 2. The Balaban J connectivity index is 0.00000141. The maximum Gasteiger partial charge on any atom is 0.317 e. The van der Waals surface area contributed by atoms with Gasteiger partial charge in [-0.1, -0.05) is 36.4 Å². The lowest BCUT2D eigenvalue weighted by Crippen LogP contribution is -2.42. The number of nitrogens with one attached hydrogen (secondary N) is 1. The smallest absolute Gasteiger partial charge is 0.317 e. The second kappa shape index (κ2) is 13.1. The number of urea groups is 1. The standard InChI is InChI=1S/C21H29N3O3.CH2O2/c1-23(2)15-18(16-10-7-6-8-11-16)24(3)21(25)22-14-17-19(26-4)12-9-13-20(17)27-5;2-1-3/h6-13,18H,14-15H2,1-5H3,(H,22,25);1H,(H,2,3). The van der Waals surface area contributed by atoms with Gasteiger partial charge in [0.15, 0.2) is 0 Å². The molecule has 1 unspecified atom stereocenters. The van der Waals surface area contributed by atoms with Gasteiger partial charge in [-0.25, -0.2) is 4.79 Å². The summed E-state index contributed by atoms with van der Waals surface area (Å²) < 4.78 is 10.8. The maximum atomic E-state index is 12.8. The van der Waals surface area contributed by atoms with Crippen LogP contribution in [-0.4, -0.2) is 69.3 Å². The van der Waals surface area contributed by atoms with Gasteiger partial charge in [-0.05, 0) is 31.8 Å². The quantitative estimate of drug-likeness (QED) is 0.642. The van der Waals surface area contributed by atoms with Crippen LogP contribution in [0, 0.1) is 0 Å². The van der Waals surface area contributed by atoms with Crippen molar-refractivity contribution >= 4 is 12.5 Å². The fourth-order valence-electron chi connectivity index (χ4n) is 3.01. The Hall–Kier alpha value is -3.26. The number of carboxylic acid groups (broad SMARTS) is 1. The molecule has 0 fully saturated rings. The Kier molecular flexibility index (Phi) is 10.8. The molecule has 8 heteroatoms. The fourth-order valence-corrected chi connectivity index (χ4v) is 3.01. The van der Waals surface area contributed by atoms with Crippen molar-refractivity contribution < 1.29 is 24.2 Å². The lowest BCUT2D eigenvalue weighted by Gasteiger charge is -2.31. The number of hydrogen-bond acceptors (Lipinski definition) is 5. The number of rotatable bonds is 8. The van der Waals surface area contributed by atoms with Crippen molar-refractivity contribution in [3.8, 4) is 11.5 Å². The van der Waals surface area contributed by atoms with Gasteiger partial charge in [-0.3, -0.25) is 4.79 Å². The zero-order valence-electron chi connectivity index (χ0n) is 18.2. The Morgan fingerprint density at radius 1 is 1.03 bits per heavy atom. The SMILES string of the molecule is COc1cccc(OC)c1CNC(=O)N(C)C(CN(C)C)c1ccccc1.O=CO. The number of hydrogen-bond donors (Lipinski definition) is 2. The third kappa shape index (κ3) is 7.29. The summed E-state index contributed by atoms with van der Waals surface area (Å²) in [7, 11) is 9.03. The topological polar surface area (TPSA) is 91.3 Å². The molecule has 30 heavy (non-hydrogen) atoms. The van der Waals surface area contributed by atoms with Crippen molar-refractivity contribution in [2.75, 3.05) is 41.9 Å². The minimum Gasteiger partial charge on any atom is -0.496 e. The first kappa shape index (κ1) is 24.8. The largest absolute Gasteiger partial charge is 0.496 e. The summed E-state index contributed by atoms with van der Waals surface area (Å²) in [6.45, 7) is 0.797. The summed E-state index contributed by atoms with van der Waals surface area (Å²) in [5.41, 5.74) is 1.91. The van der Waals surface area contributed by atoms with Crippen LogP contribution in [0.3, 0.4) is 0 Å². The minimum absolute atomic E-state index is 0.0548. The van der Waals surface area contributed by atoms with E-state index in [1.54, 1.807) is 19.1 Å². The van der Waals surface area contributed by atoms with E-state index in [0.717, 1.165) is 17.7 Å². The molecular formula is C22H31N3O5. The summed E-state index contributed by atoms with van der Waals surface area (Å²) in [4.78, 5) is 25.0. The van der Waals surface area contributed by atoms with E-state index >= 15 is 0 Å². The predicted molar refractivity (Wildman–Crippen MR) is 116 cm³/mol. The third-order valence-corrected chi connectivity index (χ3v) is 4.46. The molecule has 2 amide bonds. The number of ether oxygens (including phenoxy) is 2. The molecular weight excluding hydrogens is 386 g/mol. The van der Waals surface area contributed by atoms with E-state index in [0.29, 0.717) is 18.0 Å². The minimum atomic E-state index is -0.250. The summed E-state index contributed by atoms with van der Waals surface area (Å²) >= 11 is 0. The lowest BCUT2D eigenvalue weighted by atomic mass is 10.1. The molecule has 0 spiro atoms. The molecule has 0 aromatic heterocycles. The summed E-state index contributed by atoms with van der Waals surface area (Å²) in [5.74, 6) is 1.37. The van der Waals surface area contributed by atoms with Crippen LogP contribution in [0.15, 0.2) is 48.5 Å². The van der Waals surface area contributed by atoms with Gasteiger partial charge in [0.1, 0.15) is 11.5 Å². The summed E-state index contributed by atoms with van der Waals surface area (Å²) in [6.07, 6.45) is 0. The summed E-state index contributed by atoms with van der Waals surface area (Å²) in [5, 5.41) is 9.87. The molecule has 0 aliphatic carbocycles. The highest BCUT2D eigenvalue weighted by molar-refractivity contribution is 5.74. The van der Waals surface area contributed by atoms with Crippen molar-refractivity contribution in [3.63, 3.8) is 0 Å². The van der Waals surface area contributed by atoms with Crippen molar-refractivity contribution in [3.05, 3.63) is 59.7 Å². The fraction of sp³-hybridized carbons (Fsp3) is 0.364. The highest BCUT2D eigenvalue weighted by Gasteiger charge is 2.22. The Morgan fingerprint density at radius 3 is 2.03 bits per heavy atom. The van der Waals surface area contributed by atoms with Crippen LogP contribution in [0.25, 0.3) is 0 Å². The van der Waals surface area contributed by atoms with Crippen molar-refractivity contribution in [2.45, 2.75) is 12.6 Å². The van der Waals surface area contributed by atoms with Crippen LogP contribution in [0.2, 0.25) is 0 Å². The lowest BCUT2D eigenvalue weighted by molar-refractivity contribution is -0.122. The zero-order valence-corrected chi connectivity index (χ0v) is 18.2. The van der Waals surface area contributed by atoms with E-state index in [4.69, 9.17) is 19.4 Å². The Labute approximate surface area is 178 Å². The average Bonchev–Trinajstić information content (AvgIpc) is 2.76. The first-order valence-electron chi connectivity index (χ1n) is 9.37. The normalized spacial score (nSPS) is 11.0. The third-order valence-electron chi connectivity index (χ3n) is 4.46. The maximum absolute atomic E-state index is 12.8. The number of carbonyl (C=O) groups is 2. The number of nitrogens with zero attached hydrogens (tertiary/aromatic N) is 2. The van der Waals surface area contributed by atoms with Crippen LogP contribution in [-0.2, 0) is 11.3 Å². The van der Waals surface area contributed by atoms with Gasteiger partial charge < -0.3 is 29.7 Å². The first-order valence-corrected chi connectivity index (χ1v) is 9.37. The van der Waals surface area contributed by atoms with Gasteiger partial charge in [0.05, 0.1) is 32.4 Å². The predicted octanol–water partition coefficient (Wildman–Crippen LogP) is 2.85. The molecule has 1 atom stereocenters. The first-order chi connectivity index (χ1) is 14.4. The van der Waals surface area contributed by atoms with E-state index in [1.807, 2.05) is 69.7 Å². The van der Waals surface area contributed by atoms with E-state index in [9.17, 15) is 4.79 Å². The highest BCUT2D eigenvalue weighted by Crippen LogP contribution is 2.28. The van der Waals surface area contributed by atoms with Crippen LogP contribution in [0.4, 0.5) is 4.79 Å². The van der Waals surface area contributed by atoms with Crippen molar-refractivity contribution in [1.82, 2.24) is 15.1 Å². The van der Waals surface area contributed by atoms with Gasteiger partial charge in [0, 0.05) is 13.6 Å². The zero-order chi connectivity index (χ0) is 22.5. The van der Waals surface area contributed by atoms with Gasteiger partial charge in [0.25, 0.3) is 6.47 Å². The molecule has 0 saturated carbocycles. The highest BCUT2D eigenvalue weighted by atomic mass is 16.5. The molecule has 164 valence electrons. The van der Waals surface area contributed by atoms with Gasteiger partial charge in [-0.2, -0.15) is 0 Å². The number of carbonyl (C=O) groups excluding carboxylic acids is 1. The molecule has 0 aliphatic heterocycles. The monoisotopic (exact) mass is 417 g/mol. The Bertz CT molecular complexity index is 761. The van der Waals surface area contributed by atoms with Gasteiger partial charge in [-0.15, -0.1) is 0 Å². The van der Waals surface area contributed by atoms with Crippen LogP contribution in [0.5, 0.6) is 11.5 Å². The van der Waals surface area contributed by atoms with Gasteiger partial charge >= 0.3 is 6.03 Å². The van der Waals surface area contributed by atoms with E-state index in [2.05, 4.69) is 10.2 Å². The molecule has 2 aromatic carbocycles. The Morgan fingerprint density at radius 2 is 1.57 bits per heavy atom. The van der Waals surface area contributed by atoms with Crippen LogP contribution in [0.1, 0.15) is 17.2 Å². The second-order valence-electron chi connectivity index (χ2n) is 6.70. The van der Waals surface area contributed by atoms with Crippen LogP contribution >= 0.6 is 0 Å².